The minimum Gasteiger partial charge on any atom is -0.319 e. The van der Waals surface area contributed by atoms with Crippen molar-refractivity contribution in [2.75, 3.05) is 10.7 Å². The highest BCUT2D eigenvalue weighted by Gasteiger charge is 2.13. The molecule has 4 N–H and O–H groups in total. The number of nitrogen functional groups attached to an aromatic ring is 1. The second kappa shape index (κ2) is 6.28. The molecule has 2 aromatic rings. The van der Waals surface area contributed by atoms with E-state index in [1.165, 1.54) is 18.3 Å². The third-order valence-corrected chi connectivity index (χ3v) is 3.23. The predicted octanol–water partition coefficient (Wildman–Crippen LogP) is 3.58. The predicted molar refractivity (Wildman–Crippen MR) is 81.5 cm³/mol. The number of nitrogens with zero attached hydrogens (tertiary/aromatic N) is 1. The zero-order chi connectivity index (χ0) is 14.7. The van der Waals surface area contributed by atoms with E-state index in [0.717, 1.165) is 0 Å². The number of hydrogen-bond acceptors (Lipinski definition) is 4. The number of hydrazine groups is 1. The molecule has 0 aliphatic rings. The van der Waals surface area contributed by atoms with E-state index in [0.29, 0.717) is 22.1 Å². The summed E-state index contributed by atoms with van der Waals surface area (Å²) in [5.74, 6) is 5.25. The Hall–Kier alpha value is -1.53. The van der Waals surface area contributed by atoms with Crippen molar-refractivity contribution in [3.63, 3.8) is 0 Å². The number of benzene rings is 1. The van der Waals surface area contributed by atoms with Crippen molar-refractivity contribution < 1.29 is 4.79 Å². The van der Waals surface area contributed by atoms with E-state index in [9.17, 15) is 4.79 Å². The van der Waals surface area contributed by atoms with Crippen LogP contribution in [0.25, 0.3) is 0 Å². The summed E-state index contributed by atoms with van der Waals surface area (Å²) >= 11 is 17.8. The first-order valence-electron chi connectivity index (χ1n) is 5.40. The van der Waals surface area contributed by atoms with Gasteiger partial charge in [0.25, 0.3) is 5.91 Å². The topological polar surface area (TPSA) is 80.0 Å². The maximum absolute atomic E-state index is 12.1. The molecule has 8 heteroatoms. The van der Waals surface area contributed by atoms with Crippen LogP contribution in [0.4, 0.5) is 11.5 Å². The average molecular weight is 332 g/mol. The van der Waals surface area contributed by atoms with Crippen LogP contribution >= 0.6 is 34.8 Å². The van der Waals surface area contributed by atoms with Crippen LogP contribution in [0.3, 0.4) is 0 Å². The number of hydrogen-bond donors (Lipinski definition) is 3. The molecule has 20 heavy (non-hydrogen) atoms. The largest absolute Gasteiger partial charge is 0.319 e. The Morgan fingerprint density at radius 3 is 2.30 bits per heavy atom. The van der Waals surface area contributed by atoms with E-state index in [2.05, 4.69) is 15.7 Å². The monoisotopic (exact) mass is 330 g/mol. The molecule has 0 aliphatic carbocycles. The van der Waals surface area contributed by atoms with E-state index >= 15 is 0 Å². The quantitative estimate of drug-likeness (QED) is 0.593. The molecule has 2 rings (SSSR count). The van der Waals surface area contributed by atoms with Gasteiger partial charge in [0.1, 0.15) is 5.82 Å². The molecule has 5 nitrogen and oxygen atoms in total. The zero-order valence-electron chi connectivity index (χ0n) is 9.95. The van der Waals surface area contributed by atoms with Crippen molar-refractivity contribution in [3.8, 4) is 0 Å². The van der Waals surface area contributed by atoms with Gasteiger partial charge < -0.3 is 10.7 Å². The number of nitrogens with two attached hydrogens (primary N) is 1. The van der Waals surface area contributed by atoms with Crippen LogP contribution in [0, 0.1) is 0 Å². The van der Waals surface area contributed by atoms with Crippen molar-refractivity contribution in [2.45, 2.75) is 0 Å². The summed E-state index contributed by atoms with van der Waals surface area (Å²) in [7, 11) is 0. The highest BCUT2D eigenvalue weighted by atomic mass is 35.5. The number of anilines is 2. The number of halogens is 3. The number of rotatable bonds is 3. The highest BCUT2D eigenvalue weighted by Crippen LogP contribution is 2.33. The fourth-order valence-corrected chi connectivity index (χ4v) is 2.37. The highest BCUT2D eigenvalue weighted by molar-refractivity contribution is 6.42. The molecule has 104 valence electrons. The Labute approximate surface area is 130 Å². The molecule has 1 aromatic heterocycles. The average Bonchev–Trinajstić information content (AvgIpc) is 2.42. The fourth-order valence-electron chi connectivity index (χ4n) is 1.46. The standard InChI is InChI=1S/C12H9Cl3N4O/c13-7-3-8(14)11(9(15)4-7)18-12(20)6-1-2-10(19-16)17-5-6/h1-5H,16H2,(H,17,19)(H,18,20). The lowest BCUT2D eigenvalue weighted by Gasteiger charge is -2.10. The molecular formula is C12H9Cl3N4O. The van der Waals surface area contributed by atoms with Crippen molar-refractivity contribution in [1.82, 2.24) is 4.98 Å². The van der Waals surface area contributed by atoms with Gasteiger partial charge in [0.15, 0.2) is 0 Å². The zero-order valence-corrected chi connectivity index (χ0v) is 12.2. The van der Waals surface area contributed by atoms with Crippen molar-refractivity contribution in [3.05, 3.63) is 51.1 Å². The third kappa shape index (κ3) is 3.32. The van der Waals surface area contributed by atoms with Crippen LogP contribution in [-0.2, 0) is 0 Å². The van der Waals surface area contributed by atoms with Gasteiger partial charge in [-0.1, -0.05) is 34.8 Å². The summed E-state index contributed by atoms with van der Waals surface area (Å²) in [6.45, 7) is 0. The molecule has 0 spiro atoms. The Kier molecular flexibility index (Phi) is 4.67. The lowest BCUT2D eigenvalue weighted by molar-refractivity contribution is 0.102. The molecule has 0 unspecified atom stereocenters. The van der Waals surface area contributed by atoms with Crippen LogP contribution in [-0.4, -0.2) is 10.9 Å². The Balaban J connectivity index is 2.23. The van der Waals surface area contributed by atoms with Crippen molar-refractivity contribution >= 4 is 52.2 Å². The molecule has 1 heterocycles. The van der Waals surface area contributed by atoms with E-state index < -0.39 is 5.91 Å². The van der Waals surface area contributed by atoms with Gasteiger partial charge in [-0.05, 0) is 24.3 Å². The molecular weight excluding hydrogens is 323 g/mol. The SMILES string of the molecule is NNc1ccc(C(=O)Nc2c(Cl)cc(Cl)cc2Cl)cn1. The van der Waals surface area contributed by atoms with E-state index in [1.54, 1.807) is 12.1 Å². The minimum absolute atomic E-state index is 0.254. The lowest BCUT2D eigenvalue weighted by Crippen LogP contribution is -2.14. The molecule has 0 radical (unpaired) electrons. The maximum Gasteiger partial charge on any atom is 0.257 e. The van der Waals surface area contributed by atoms with Crippen LogP contribution in [0.15, 0.2) is 30.5 Å². The normalized spacial score (nSPS) is 10.2. The van der Waals surface area contributed by atoms with Crippen molar-refractivity contribution in [1.29, 1.82) is 0 Å². The third-order valence-electron chi connectivity index (χ3n) is 2.42. The number of nitrogens with one attached hydrogen (secondary N) is 2. The van der Waals surface area contributed by atoms with Gasteiger partial charge in [-0.3, -0.25) is 4.79 Å². The Morgan fingerprint density at radius 2 is 1.80 bits per heavy atom. The first kappa shape index (κ1) is 14.9. The Bertz CT molecular complexity index is 623. The number of amides is 1. The summed E-state index contributed by atoms with van der Waals surface area (Å²) in [6.07, 6.45) is 1.38. The summed E-state index contributed by atoms with van der Waals surface area (Å²) in [5.41, 5.74) is 3.00. The van der Waals surface area contributed by atoms with Gasteiger partial charge in [-0.25, -0.2) is 10.8 Å². The molecule has 0 atom stereocenters. The van der Waals surface area contributed by atoms with Crippen LogP contribution in [0.1, 0.15) is 10.4 Å². The maximum atomic E-state index is 12.1. The summed E-state index contributed by atoms with van der Waals surface area (Å²) in [6, 6.07) is 6.11. The van der Waals surface area contributed by atoms with Crippen LogP contribution in [0.2, 0.25) is 15.1 Å². The van der Waals surface area contributed by atoms with Gasteiger partial charge in [0.2, 0.25) is 0 Å². The molecule has 0 aliphatic heterocycles. The second-order valence-electron chi connectivity index (χ2n) is 3.78. The van der Waals surface area contributed by atoms with Gasteiger partial charge in [-0.15, -0.1) is 0 Å². The summed E-state index contributed by atoms with van der Waals surface area (Å²) in [5, 5.41) is 3.50. The molecule has 0 saturated carbocycles. The van der Waals surface area contributed by atoms with E-state index in [1.807, 2.05) is 0 Å². The summed E-state index contributed by atoms with van der Waals surface area (Å²) < 4.78 is 0. The summed E-state index contributed by atoms with van der Waals surface area (Å²) in [4.78, 5) is 16.0. The van der Waals surface area contributed by atoms with Crippen molar-refractivity contribution in [2.24, 2.45) is 5.84 Å². The van der Waals surface area contributed by atoms with Crippen LogP contribution < -0.4 is 16.6 Å². The number of carbonyl (C=O) groups excluding carboxylic acids is 1. The van der Waals surface area contributed by atoms with Gasteiger partial charge in [-0.2, -0.15) is 0 Å². The smallest absolute Gasteiger partial charge is 0.257 e. The molecule has 0 fully saturated rings. The first-order chi connectivity index (χ1) is 9.51. The first-order valence-corrected chi connectivity index (χ1v) is 6.53. The van der Waals surface area contributed by atoms with E-state index in [4.69, 9.17) is 40.6 Å². The fraction of sp³-hybridized carbons (Fsp3) is 0. The Morgan fingerprint density at radius 1 is 1.15 bits per heavy atom. The number of carbonyl (C=O) groups is 1. The minimum atomic E-state index is -0.396. The molecule has 1 aromatic carbocycles. The van der Waals surface area contributed by atoms with Gasteiger partial charge in [0, 0.05) is 11.2 Å². The van der Waals surface area contributed by atoms with Crippen LogP contribution in [0.5, 0.6) is 0 Å². The molecule has 0 saturated heterocycles. The van der Waals surface area contributed by atoms with E-state index in [-0.39, 0.29) is 10.0 Å². The van der Waals surface area contributed by atoms with Gasteiger partial charge >= 0.3 is 0 Å². The molecule has 0 bridgehead atoms. The molecule has 1 amide bonds. The lowest BCUT2D eigenvalue weighted by atomic mass is 10.2. The second-order valence-corrected chi connectivity index (χ2v) is 5.03. The number of aromatic nitrogens is 1. The number of pyridine rings is 1. The van der Waals surface area contributed by atoms with Gasteiger partial charge in [0.05, 0.1) is 21.3 Å².